The summed E-state index contributed by atoms with van der Waals surface area (Å²) in [5.74, 6) is 2.52. The summed E-state index contributed by atoms with van der Waals surface area (Å²) in [6.45, 7) is 11.0. The van der Waals surface area contributed by atoms with E-state index in [1.165, 1.54) is 12.8 Å². The average molecular weight is 332 g/mol. The largest absolute Gasteiger partial charge is 0.472 e. The monoisotopic (exact) mass is 332 g/mol. The molecule has 0 spiro atoms. The quantitative estimate of drug-likeness (QED) is 0.533. The number of rotatable bonds is 8. The van der Waals surface area contributed by atoms with Crippen LogP contribution < -0.4 is 0 Å². The molecule has 1 saturated carbocycles. The van der Waals surface area contributed by atoms with Crippen molar-refractivity contribution in [2.75, 3.05) is 6.79 Å². The molecular formula is C21H32O3. The summed E-state index contributed by atoms with van der Waals surface area (Å²) in [6, 6.07) is 9.59. The van der Waals surface area contributed by atoms with Crippen LogP contribution in [-0.4, -0.2) is 18.0 Å². The van der Waals surface area contributed by atoms with Gasteiger partial charge < -0.3 is 14.6 Å². The molecule has 134 valence electrons. The van der Waals surface area contributed by atoms with E-state index in [1.807, 2.05) is 30.3 Å². The van der Waals surface area contributed by atoms with Crippen LogP contribution in [0.15, 0.2) is 42.7 Å². The maximum absolute atomic E-state index is 10.2. The number of aliphatic hydroxyl groups is 1. The van der Waals surface area contributed by atoms with Crippen LogP contribution >= 0.6 is 0 Å². The highest BCUT2D eigenvalue weighted by Gasteiger charge is 2.31. The van der Waals surface area contributed by atoms with Crippen LogP contribution in [0.5, 0.6) is 0 Å². The highest BCUT2D eigenvalue weighted by atomic mass is 16.7. The third kappa shape index (κ3) is 5.64. The van der Waals surface area contributed by atoms with Gasteiger partial charge in [-0.05, 0) is 36.2 Å². The van der Waals surface area contributed by atoms with Crippen molar-refractivity contribution < 1.29 is 14.6 Å². The minimum atomic E-state index is -0.586. The van der Waals surface area contributed by atoms with Gasteiger partial charge in [0.25, 0.3) is 0 Å². The summed E-state index contributed by atoms with van der Waals surface area (Å²) >= 11 is 0. The number of ether oxygens (including phenoxy) is 2. The topological polar surface area (TPSA) is 38.7 Å². The lowest BCUT2D eigenvalue weighted by molar-refractivity contribution is -0.113. The third-order valence-electron chi connectivity index (χ3n) is 5.11. The summed E-state index contributed by atoms with van der Waals surface area (Å²) in [7, 11) is 0. The van der Waals surface area contributed by atoms with Crippen molar-refractivity contribution in [2.24, 2.45) is 17.8 Å². The van der Waals surface area contributed by atoms with Crippen LogP contribution in [0.3, 0.4) is 0 Å². The van der Waals surface area contributed by atoms with E-state index < -0.39 is 6.10 Å². The van der Waals surface area contributed by atoms with Crippen LogP contribution in [0.25, 0.3) is 0 Å². The molecule has 2 rings (SSSR count). The molecule has 24 heavy (non-hydrogen) atoms. The Labute approximate surface area is 146 Å². The van der Waals surface area contributed by atoms with Gasteiger partial charge in [0.05, 0.1) is 18.0 Å². The standard InChI is InChI=1S/C21H32O3/c1-15(2)19-11-10-16(3)12-21(19)24-14-23-17(4)13-20(22)18-8-6-5-7-9-18/h5-9,15-16,19-22H,4,10-14H2,1-3H3/t16-,19+,20?,21-/m1/s1. The van der Waals surface area contributed by atoms with E-state index in [1.54, 1.807) is 0 Å². The Balaban J connectivity index is 1.75. The van der Waals surface area contributed by atoms with Gasteiger partial charge in [-0.25, -0.2) is 0 Å². The molecular weight excluding hydrogens is 300 g/mol. The molecule has 0 radical (unpaired) electrons. The summed E-state index contributed by atoms with van der Waals surface area (Å²) in [5.41, 5.74) is 0.879. The minimum absolute atomic E-state index is 0.223. The number of hydrogen-bond donors (Lipinski definition) is 1. The van der Waals surface area contributed by atoms with E-state index in [0.29, 0.717) is 29.9 Å². The first-order valence-corrected chi connectivity index (χ1v) is 9.12. The van der Waals surface area contributed by atoms with Crippen LogP contribution in [-0.2, 0) is 9.47 Å². The van der Waals surface area contributed by atoms with E-state index in [0.717, 1.165) is 12.0 Å². The van der Waals surface area contributed by atoms with Gasteiger partial charge in [-0.1, -0.05) is 64.1 Å². The van der Waals surface area contributed by atoms with Crippen molar-refractivity contribution in [1.82, 2.24) is 0 Å². The van der Waals surface area contributed by atoms with E-state index >= 15 is 0 Å². The normalized spacial score (nSPS) is 25.5. The molecule has 0 aromatic heterocycles. The Bertz CT molecular complexity index is 497. The third-order valence-corrected chi connectivity index (χ3v) is 5.11. The predicted molar refractivity (Wildman–Crippen MR) is 97.3 cm³/mol. The molecule has 0 heterocycles. The average Bonchev–Trinajstić information content (AvgIpc) is 2.55. The lowest BCUT2D eigenvalue weighted by Gasteiger charge is -2.37. The molecule has 0 amide bonds. The van der Waals surface area contributed by atoms with Gasteiger partial charge >= 0.3 is 0 Å². The molecule has 1 fully saturated rings. The Hall–Kier alpha value is -1.32. The Morgan fingerprint density at radius 3 is 2.62 bits per heavy atom. The van der Waals surface area contributed by atoms with E-state index in [9.17, 15) is 5.11 Å². The molecule has 1 N–H and O–H groups in total. The van der Waals surface area contributed by atoms with Crippen LogP contribution in [0.1, 0.15) is 58.1 Å². The van der Waals surface area contributed by atoms with Crippen LogP contribution in [0.4, 0.5) is 0 Å². The van der Waals surface area contributed by atoms with Crippen LogP contribution in [0.2, 0.25) is 0 Å². The molecule has 3 heteroatoms. The van der Waals surface area contributed by atoms with Crippen molar-refractivity contribution >= 4 is 0 Å². The molecule has 1 aromatic rings. The van der Waals surface area contributed by atoms with Gasteiger partial charge in [0.15, 0.2) is 6.79 Å². The maximum Gasteiger partial charge on any atom is 0.188 e. The second-order valence-electron chi connectivity index (χ2n) is 7.46. The summed E-state index contributed by atoms with van der Waals surface area (Å²) < 4.78 is 11.6. The SMILES string of the molecule is C=C(CC(O)c1ccccc1)OCO[C@@H]1C[C@H](C)CC[C@H]1C(C)C. The molecule has 0 aliphatic heterocycles. The Morgan fingerprint density at radius 2 is 1.96 bits per heavy atom. The molecule has 1 aliphatic carbocycles. The Morgan fingerprint density at radius 1 is 1.25 bits per heavy atom. The molecule has 1 aliphatic rings. The zero-order chi connectivity index (χ0) is 17.5. The van der Waals surface area contributed by atoms with Gasteiger partial charge in [0.1, 0.15) is 0 Å². The molecule has 0 saturated heterocycles. The number of hydrogen-bond acceptors (Lipinski definition) is 3. The highest BCUT2D eigenvalue weighted by Crippen LogP contribution is 2.35. The highest BCUT2D eigenvalue weighted by molar-refractivity contribution is 5.18. The van der Waals surface area contributed by atoms with Crippen molar-refractivity contribution in [2.45, 2.75) is 58.7 Å². The van der Waals surface area contributed by atoms with E-state index in [2.05, 4.69) is 27.4 Å². The first kappa shape index (κ1) is 19.0. The fourth-order valence-corrected chi connectivity index (χ4v) is 3.58. The summed E-state index contributed by atoms with van der Waals surface area (Å²) in [6.07, 6.45) is 3.70. The van der Waals surface area contributed by atoms with Crippen molar-refractivity contribution in [3.8, 4) is 0 Å². The van der Waals surface area contributed by atoms with Gasteiger partial charge in [0, 0.05) is 6.42 Å². The fraction of sp³-hybridized carbons (Fsp3) is 0.619. The lowest BCUT2D eigenvalue weighted by Crippen LogP contribution is -2.34. The van der Waals surface area contributed by atoms with Gasteiger partial charge in [-0.15, -0.1) is 0 Å². The fourth-order valence-electron chi connectivity index (χ4n) is 3.58. The number of benzene rings is 1. The van der Waals surface area contributed by atoms with E-state index in [-0.39, 0.29) is 12.9 Å². The predicted octanol–water partition coefficient (Wildman–Crippen LogP) is 5.08. The second-order valence-corrected chi connectivity index (χ2v) is 7.46. The number of aliphatic hydroxyl groups excluding tert-OH is 1. The molecule has 1 aromatic carbocycles. The molecule has 1 unspecified atom stereocenters. The van der Waals surface area contributed by atoms with E-state index in [4.69, 9.17) is 9.47 Å². The van der Waals surface area contributed by atoms with Gasteiger partial charge in [0.2, 0.25) is 0 Å². The zero-order valence-electron chi connectivity index (χ0n) is 15.3. The molecule has 3 nitrogen and oxygen atoms in total. The van der Waals surface area contributed by atoms with Crippen LogP contribution in [0, 0.1) is 17.8 Å². The molecule has 0 bridgehead atoms. The smallest absolute Gasteiger partial charge is 0.188 e. The maximum atomic E-state index is 10.2. The summed E-state index contributed by atoms with van der Waals surface area (Å²) in [4.78, 5) is 0. The first-order valence-electron chi connectivity index (χ1n) is 9.12. The first-order chi connectivity index (χ1) is 11.5. The van der Waals surface area contributed by atoms with Gasteiger partial charge in [-0.3, -0.25) is 0 Å². The zero-order valence-corrected chi connectivity index (χ0v) is 15.3. The Kier molecular flexibility index (Phi) is 7.32. The minimum Gasteiger partial charge on any atom is -0.472 e. The molecule has 4 atom stereocenters. The van der Waals surface area contributed by atoms with Gasteiger partial charge in [-0.2, -0.15) is 0 Å². The summed E-state index contributed by atoms with van der Waals surface area (Å²) in [5, 5.41) is 10.2. The van der Waals surface area contributed by atoms with Crippen molar-refractivity contribution in [3.05, 3.63) is 48.2 Å². The van der Waals surface area contributed by atoms with Crippen molar-refractivity contribution in [1.29, 1.82) is 0 Å². The second kappa shape index (κ2) is 9.24. The van der Waals surface area contributed by atoms with Crippen molar-refractivity contribution in [3.63, 3.8) is 0 Å². The lowest BCUT2D eigenvalue weighted by atomic mass is 9.75.